The van der Waals surface area contributed by atoms with Crippen molar-refractivity contribution >= 4 is 11.1 Å². The molecule has 0 atom stereocenters. The third-order valence-corrected chi connectivity index (χ3v) is 3.93. The minimum Gasteiger partial charge on any atom is -0.407 e. The molecule has 2 heterocycles. The van der Waals surface area contributed by atoms with Gasteiger partial charge in [-0.15, -0.1) is 0 Å². The molecule has 1 aromatic carbocycles. The van der Waals surface area contributed by atoms with Crippen molar-refractivity contribution in [3.05, 3.63) is 68.1 Å². The number of aryl methyl sites for hydroxylation is 2. The fourth-order valence-corrected chi connectivity index (χ4v) is 2.55. The molecule has 0 amide bonds. The largest absolute Gasteiger partial charge is 0.419 e. The molecule has 21 heavy (non-hydrogen) atoms. The van der Waals surface area contributed by atoms with Gasteiger partial charge in [0, 0.05) is 18.3 Å². The quantitative estimate of drug-likeness (QED) is 0.723. The summed E-state index contributed by atoms with van der Waals surface area (Å²) in [5, 5.41) is 0. The molecule has 108 valence electrons. The van der Waals surface area contributed by atoms with Crippen LogP contribution in [0.3, 0.4) is 0 Å². The summed E-state index contributed by atoms with van der Waals surface area (Å²) < 4.78 is 8.14. The normalized spacial score (nSPS) is 11.2. The van der Waals surface area contributed by atoms with Crippen molar-refractivity contribution in [3.8, 4) is 0 Å². The van der Waals surface area contributed by atoms with Crippen LogP contribution in [-0.4, -0.2) is 9.13 Å². The second-order valence-corrected chi connectivity index (χ2v) is 5.19. The summed E-state index contributed by atoms with van der Waals surface area (Å²) in [7, 11) is 1.55. The summed E-state index contributed by atoms with van der Waals surface area (Å²) in [6.45, 7) is 4.20. The van der Waals surface area contributed by atoms with Gasteiger partial charge in [0.05, 0.1) is 6.54 Å². The van der Waals surface area contributed by atoms with Crippen molar-refractivity contribution < 1.29 is 4.42 Å². The van der Waals surface area contributed by atoms with Crippen LogP contribution in [0, 0.1) is 13.8 Å². The Morgan fingerprint density at radius 3 is 2.43 bits per heavy atom. The summed E-state index contributed by atoms with van der Waals surface area (Å²) in [5.74, 6) is -0.512. The van der Waals surface area contributed by atoms with Gasteiger partial charge in [0.2, 0.25) is 0 Å². The van der Waals surface area contributed by atoms with Crippen LogP contribution in [0.4, 0.5) is 0 Å². The number of fused-ring (bicyclic) bond motifs is 1. The fourth-order valence-electron chi connectivity index (χ4n) is 2.55. The molecular formula is C16H16N2O3. The van der Waals surface area contributed by atoms with Crippen molar-refractivity contribution in [1.82, 2.24) is 9.13 Å². The molecule has 3 rings (SSSR count). The average Bonchev–Trinajstić information content (AvgIpc) is 2.79. The Morgan fingerprint density at radius 2 is 1.76 bits per heavy atom. The van der Waals surface area contributed by atoms with E-state index in [1.807, 2.05) is 44.2 Å². The van der Waals surface area contributed by atoms with E-state index in [9.17, 15) is 9.59 Å². The number of hydrogen-bond acceptors (Lipinski definition) is 3. The van der Waals surface area contributed by atoms with E-state index in [1.54, 1.807) is 11.6 Å². The first-order valence-corrected chi connectivity index (χ1v) is 6.74. The highest BCUT2D eigenvalue weighted by Crippen LogP contribution is 2.17. The number of oxazole rings is 1. The molecule has 0 aliphatic rings. The Morgan fingerprint density at radius 1 is 1.10 bits per heavy atom. The third-order valence-electron chi connectivity index (χ3n) is 3.93. The van der Waals surface area contributed by atoms with Crippen LogP contribution in [0.5, 0.6) is 0 Å². The number of benzene rings is 1. The highest BCUT2D eigenvalue weighted by Gasteiger charge is 2.18. The van der Waals surface area contributed by atoms with Crippen LogP contribution in [0.25, 0.3) is 11.1 Å². The van der Waals surface area contributed by atoms with Gasteiger partial charge in [0.1, 0.15) is 0 Å². The molecule has 3 aromatic rings. The van der Waals surface area contributed by atoms with Crippen LogP contribution < -0.4 is 11.3 Å². The molecule has 0 radical (unpaired) electrons. The lowest BCUT2D eigenvalue weighted by atomic mass is 10.1. The summed E-state index contributed by atoms with van der Waals surface area (Å²) in [6.07, 6.45) is 0. The van der Waals surface area contributed by atoms with Crippen LogP contribution in [0.1, 0.15) is 16.8 Å². The van der Waals surface area contributed by atoms with E-state index >= 15 is 0 Å². The van der Waals surface area contributed by atoms with Crippen molar-refractivity contribution in [2.45, 2.75) is 20.4 Å². The third kappa shape index (κ3) is 2.01. The van der Waals surface area contributed by atoms with Crippen LogP contribution >= 0.6 is 0 Å². The molecule has 0 N–H and O–H groups in total. The zero-order valence-corrected chi connectivity index (χ0v) is 12.2. The smallest absolute Gasteiger partial charge is 0.407 e. The van der Waals surface area contributed by atoms with Gasteiger partial charge >= 0.3 is 5.76 Å². The van der Waals surface area contributed by atoms with Crippen LogP contribution in [-0.2, 0) is 13.6 Å². The van der Waals surface area contributed by atoms with Gasteiger partial charge in [0.15, 0.2) is 11.1 Å². The zero-order valence-electron chi connectivity index (χ0n) is 12.2. The lowest BCUT2D eigenvalue weighted by molar-refractivity contribution is 0.526. The van der Waals surface area contributed by atoms with Gasteiger partial charge in [-0.3, -0.25) is 9.36 Å². The first kappa shape index (κ1) is 13.4. The lowest BCUT2D eigenvalue weighted by Gasteiger charge is -2.12. The van der Waals surface area contributed by atoms with E-state index in [-0.39, 0.29) is 5.56 Å². The minimum atomic E-state index is -0.512. The monoisotopic (exact) mass is 284 g/mol. The molecular weight excluding hydrogens is 268 g/mol. The average molecular weight is 284 g/mol. The number of rotatable bonds is 2. The molecule has 0 saturated heterocycles. The highest BCUT2D eigenvalue weighted by atomic mass is 16.4. The predicted molar refractivity (Wildman–Crippen MR) is 80.7 cm³/mol. The van der Waals surface area contributed by atoms with E-state index in [1.165, 1.54) is 4.57 Å². The number of hydrogen-bond donors (Lipinski definition) is 0. The van der Waals surface area contributed by atoms with E-state index in [2.05, 4.69) is 0 Å². The second kappa shape index (κ2) is 4.77. The fraction of sp³-hybridized carbons (Fsp3) is 0.250. The zero-order chi connectivity index (χ0) is 15.1. The first-order chi connectivity index (χ1) is 10.0. The van der Waals surface area contributed by atoms with Gasteiger partial charge in [-0.1, -0.05) is 30.3 Å². The SMILES string of the molecule is Cc1c(C)n(Cc2ccccc2)c(=O)c2c1oc(=O)n2C. The minimum absolute atomic E-state index is 0.203. The molecule has 2 aromatic heterocycles. The Hall–Kier alpha value is -2.56. The maximum Gasteiger partial charge on any atom is 0.419 e. The van der Waals surface area contributed by atoms with Crippen LogP contribution in [0.2, 0.25) is 0 Å². The molecule has 0 aliphatic heterocycles. The second-order valence-electron chi connectivity index (χ2n) is 5.19. The lowest BCUT2D eigenvalue weighted by Crippen LogP contribution is -2.26. The molecule has 0 bridgehead atoms. The number of aromatic nitrogens is 2. The molecule has 0 unspecified atom stereocenters. The standard InChI is InChI=1S/C16H16N2O3/c1-10-11(2)18(9-12-7-5-4-6-8-12)15(19)13-14(10)21-16(20)17(13)3/h4-8H,9H2,1-3H3. The highest BCUT2D eigenvalue weighted by molar-refractivity contribution is 5.76. The first-order valence-electron chi connectivity index (χ1n) is 6.74. The van der Waals surface area contributed by atoms with E-state index in [0.29, 0.717) is 17.6 Å². The topological polar surface area (TPSA) is 57.1 Å². The van der Waals surface area contributed by atoms with Gasteiger partial charge in [-0.2, -0.15) is 0 Å². The Kier molecular flexibility index (Phi) is 3.05. The molecule has 0 fully saturated rings. The summed E-state index contributed by atoms with van der Waals surface area (Å²) >= 11 is 0. The number of pyridine rings is 1. The van der Waals surface area contributed by atoms with Gasteiger partial charge < -0.3 is 8.98 Å². The van der Waals surface area contributed by atoms with Gasteiger partial charge in [-0.25, -0.2) is 4.79 Å². The van der Waals surface area contributed by atoms with Crippen molar-refractivity contribution in [2.75, 3.05) is 0 Å². The van der Waals surface area contributed by atoms with Gasteiger partial charge in [0.25, 0.3) is 5.56 Å². The molecule has 0 saturated carbocycles. The molecule has 5 heteroatoms. The molecule has 0 spiro atoms. The predicted octanol–water partition coefficient (Wildman–Crippen LogP) is 1.96. The Bertz CT molecular complexity index is 930. The maximum absolute atomic E-state index is 12.7. The summed E-state index contributed by atoms with van der Waals surface area (Å²) in [5.41, 5.74) is 3.16. The van der Waals surface area contributed by atoms with E-state index in [4.69, 9.17) is 4.42 Å². The number of nitrogens with zero attached hydrogens (tertiary/aromatic N) is 2. The molecule has 5 nitrogen and oxygen atoms in total. The van der Waals surface area contributed by atoms with E-state index in [0.717, 1.165) is 16.8 Å². The maximum atomic E-state index is 12.7. The van der Waals surface area contributed by atoms with Gasteiger partial charge in [-0.05, 0) is 19.4 Å². The summed E-state index contributed by atoms with van der Waals surface area (Å²) in [4.78, 5) is 24.4. The van der Waals surface area contributed by atoms with Crippen molar-refractivity contribution in [3.63, 3.8) is 0 Å². The Balaban J connectivity index is 2.31. The molecule has 0 aliphatic carbocycles. The van der Waals surface area contributed by atoms with E-state index < -0.39 is 5.76 Å². The summed E-state index contributed by atoms with van der Waals surface area (Å²) in [6, 6.07) is 9.76. The van der Waals surface area contributed by atoms with Crippen LogP contribution in [0.15, 0.2) is 44.3 Å². The van der Waals surface area contributed by atoms with Crippen molar-refractivity contribution in [2.24, 2.45) is 7.05 Å². The van der Waals surface area contributed by atoms with Crippen molar-refractivity contribution in [1.29, 1.82) is 0 Å². The Labute approximate surface area is 121 Å².